The maximum atomic E-state index is 10.5. The maximum Gasteiger partial charge on any atom is 0.317 e. The van der Waals surface area contributed by atoms with E-state index < -0.39 is 5.97 Å². The second-order valence-corrected chi connectivity index (χ2v) is 4.79. The van der Waals surface area contributed by atoms with Gasteiger partial charge in [-0.15, -0.1) is 0 Å². The lowest BCUT2D eigenvalue weighted by Crippen LogP contribution is -2.25. The van der Waals surface area contributed by atoms with Crippen LogP contribution in [0.25, 0.3) is 0 Å². The maximum absolute atomic E-state index is 10.5. The minimum atomic E-state index is -0.803. The molecule has 0 unspecified atom stereocenters. The Hall–Kier alpha value is -1.36. The summed E-state index contributed by atoms with van der Waals surface area (Å²) < 4.78 is 2.04. The first-order valence-corrected chi connectivity index (χ1v) is 6.09. The molecule has 5 nitrogen and oxygen atoms in total. The van der Waals surface area contributed by atoms with E-state index in [0.29, 0.717) is 12.6 Å². The van der Waals surface area contributed by atoms with Crippen molar-refractivity contribution >= 4 is 5.97 Å². The van der Waals surface area contributed by atoms with E-state index in [-0.39, 0.29) is 6.54 Å². The summed E-state index contributed by atoms with van der Waals surface area (Å²) in [6.45, 7) is 0.641. The predicted octanol–water partition coefficient (Wildman–Crippen LogP) is 1.51. The van der Waals surface area contributed by atoms with Crippen LogP contribution in [-0.4, -0.2) is 39.3 Å². The summed E-state index contributed by atoms with van der Waals surface area (Å²) >= 11 is 0. The van der Waals surface area contributed by atoms with E-state index in [1.54, 1.807) is 11.9 Å². The third-order valence-electron chi connectivity index (χ3n) is 3.20. The molecule has 1 saturated carbocycles. The Labute approximate surface area is 101 Å². The highest BCUT2D eigenvalue weighted by molar-refractivity contribution is 5.68. The second kappa shape index (κ2) is 5.31. The molecule has 5 heteroatoms. The van der Waals surface area contributed by atoms with Crippen molar-refractivity contribution in [1.29, 1.82) is 0 Å². The molecule has 1 aliphatic carbocycles. The average molecular weight is 237 g/mol. The largest absolute Gasteiger partial charge is 0.480 e. The van der Waals surface area contributed by atoms with Gasteiger partial charge in [0.25, 0.3) is 0 Å². The summed E-state index contributed by atoms with van der Waals surface area (Å²) in [5.74, 6) is -0.803. The quantitative estimate of drug-likeness (QED) is 0.843. The monoisotopic (exact) mass is 237 g/mol. The van der Waals surface area contributed by atoms with Gasteiger partial charge < -0.3 is 5.11 Å². The van der Waals surface area contributed by atoms with Gasteiger partial charge in [0.15, 0.2) is 0 Å². The third-order valence-corrected chi connectivity index (χ3v) is 3.20. The lowest BCUT2D eigenvalue weighted by Gasteiger charge is -2.12. The molecule has 17 heavy (non-hydrogen) atoms. The zero-order valence-corrected chi connectivity index (χ0v) is 10.2. The molecule has 0 spiro atoms. The molecule has 2 rings (SSSR count). The Morgan fingerprint density at radius 2 is 2.29 bits per heavy atom. The predicted molar refractivity (Wildman–Crippen MR) is 63.7 cm³/mol. The van der Waals surface area contributed by atoms with Crippen molar-refractivity contribution in [2.75, 3.05) is 13.6 Å². The summed E-state index contributed by atoms with van der Waals surface area (Å²) in [5, 5.41) is 13.2. The van der Waals surface area contributed by atoms with E-state index in [1.807, 2.05) is 16.9 Å². The second-order valence-electron chi connectivity index (χ2n) is 4.79. The standard InChI is InChI=1S/C12H19N3O2/c1-14(9-12(16)17)8-10-6-7-15(13-10)11-4-2-3-5-11/h6-7,11H,2-5,8-9H2,1H3,(H,16,17). The number of hydrogen-bond donors (Lipinski definition) is 1. The highest BCUT2D eigenvalue weighted by atomic mass is 16.4. The molecule has 94 valence electrons. The Balaban J connectivity index is 1.91. The van der Waals surface area contributed by atoms with E-state index in [0.717, 1.165) is 5.69 Å². The molecule has 0 atom stereocenters. The van der Waals surface area contributed by atoms with Crippen molar-refractivity contribution < 1.29 is 9.90 Å². The minimum Gasteiger partial charge on any atom is -0.480 e. The molecule has 1 N–H and O–H groups in total. The molecule has 0 bridgehead atoms. The molecular formula is C12H19N3O2. The molecular weight excluding hydrogens is 218 g/mol. The van der Waals surface area contributed by atoms with Gasteiger partial charge in [0, 0.05) is 12.7 Å². The van der Waals surface area contributed by atoms with Crippen LogP contribution in [0.3, 0.4) is 0 Å². The normalized spacial score (nSPS) is 16.8. The summed E-state index contributed by atoms with van der Waals surface area (Å²) in [6, 6.07) is 2.53. The molecule has 1 fully saturated rings. The minimum absolute atomic E-state index is 0.0519. The molecule has 0 radical (unpaired) electrons. The van der Waals surface area contributed by atoms with Gasteiger partial charge in [0.2, 0.25) is 0 Å². The van der Waals surface area contributed by atoms with Crippen molar-refractivity contribution in [1.82, 2.24) is 14.7 Å². The van der Waals surface area contributed by atoms with E-state index >= 15 is 0 Å². The molecule has 0 amide bonds. The summed E-state index contributed by atoms with van der Waals surface area (Å²) in [5.41, 5.74) is 0.945. The van der Waals surface area contributed by atoms with Crippen molar-refractivity contribution in [3.8, 4) is 0 Å². The molecule has 1 aliphatic rings. The van der Waals surface area contributed by atoms with Crippen molar-refractivity contribution in [2.24, 2.45) is 0 Å². The van der Waals surface area contributed by atoms with Gasteiger partial charge in [-0.2, -0.15) is 5.10 Å². The Bertz CT molecular complexity index is 383. The molecule has 1 heterocycles. The number of aromatic nitrogens is 2. The lowest BCUT2D eigenvalue weighted by molar-refractivity contribution is -0.138. The van der Waals surface area contributed by atoms with Gasteiger partial charge in [0.05, 0.1) is 18.3 Å². The first-order chi connectivity index (χ1) is 8.15. The number of hydrogen-bond acceptors (Lipinski definition) is 3. The van der Waals surface area contributed by atoms with Crippen LogP contribution in [0.4, 0.5) is 0 Å². The SMILES string of the molecule is CN(CC(=O)O)Cc1ccn(C2CCCC2)n1. The zero-order valence-electron chi connectivity index (χ0n) is 10.2. The fraction of sp³-hybridized carbons (Fsp3) is 0.667. The van der Waals surface area contributed by atoms with Crippen LogP contribution in [-0.2, 0) is 11.3 Å². The Kier molecular flexibility index (Phi) is 3.78. The van der Waals surface area contributed by atoms with Crippen LogP contribution in [0.1, 0.15) is 37.4 Å². The van der Waals surface area contributed by atoms with Crippen molar-refractivity contribution in [2.45, 2.75) is 38.3 Å². The summed E-state index contributed by atoms with van der Waals surface area (Å²) in [4.78, 5) is 12.3. The van der Waals surface area contributed by atoms with Gasteiger partial charge in [-0.1, -0.05) is 12.8 Å². The van der Waals surface area contributed by atoms with Crippen LogP contribution in [0.15, 0.2) is 12.3 Å². The number of carbonyl (C=O) groups is 1. The Morgan fingerprint density at radius 3 is 2.94 bits per heavy atom. The van der Waals surface area contributed by atoms with E-state index in [4.69, 9.17) is 5.11 Å². The van der Waals surface area contributed by atoms with Crippen LogP contribution in [0, 0.1) is 0 Å². The van der Waals surface area contributed by atoms with E-state index in [2.05, 4.69) is 5.10 Å². The first kappa shape index (κ1) is 12.1. The fourth-order valence-corrected chi connectivity index (χ4v) is 2.40. The smallest absolute Gasteiger partial charge is 0.317 e. The first-order valence-electron chi connectivity index (χ1n) is 6.09. The number of aliphatic carboxylic acids is 1. The summed E-state index contributed by atoms with van der Waals surface area (Å²) in [6.07, 6.45) is 7.02. The van der Waals surface area contributed by atoms with E-state index in [9.17, 15) is 4.79 Å². The number of nitrogens with zero attached hydrogens (tertiary/aromatic N) is 3. The molecule has 0 aliphatic heterocycles. The van der Waals surface area contributed by atoms with Gasteiger partial charge in [0.1, 0.15) is 0 Å². The van der Waals surface area contributed by atoms with Crippen LogP contribution in [0.2, 0.25) is 0 Å². The zero-order chi connectivity index (χ0) is 12.3. The van der Waals surface area contributed by atoms with Crippen LogP contribution < -0.4 is 0 Å². The topological polar surface area (TPSA) is 58.4 Å². The van der Waals surface area contributed by atoms with Crippen LogP contribution >= 0.6 is 0 Å². The summed E-state index contributed by atoms with van der Waals surface area (Å²) in [7, 11) is 1.79. The molecule has 0 aromatic carbocycles. The Morgan fingerprint density at radius 1 is 1.59 bits per heavy atom. The van der Waals surface area contributed by atoms with Gasteiger partial charge in [-0.3, -0.25) is 14.4 Å². The lowest BCUT2D eigenvalue weighted by atomic mass is 10.3. The van der Waals surface area contributed by atoms with Crippen molar-refractivity contribution in [3.63, 3.8) is 0 Å². The number of likely N-dealkylation sites (N-methyl/N-ethyl adjacent to an activating group) is 1. The highest BCUT2D eigenvalue weighted by Gasteiger charge is 2.17. The van der Waals surface area contributed by atoms with Gasteiger partial charge >= 0.3 is 5.97 Å². The third kappa shape index (κ3) is 3.30. The molecule has 1 aromatic rings. The fourth-order valence-electron chi connectivity index (χ4n) is 2.40. The van der Waals surface area contributed by atoms with Gasteiger partial charge in [-0.25, -0.2) is 0 Å². The number of carboxylic acid groups (broad SMARTS) is 1. The number of rotatable bonds is 5. The van der Waals surface area contributed by atoms with Crippen LogP contribution in [0.5, 0.6) is 0 Å². The molecule has 1 aromatic heterocycles. The van der Waals surface area contributed by atoms with Crippen molar-refractivity contribution in [3.05, 3.63) is 18.0 Å². The average Bonchev–Trinajstić information content (AvgIpc) is 2.84. The molecule has 0 saturated heterocycles. The van der Waals surface area contributed by atoms with E-state index in [1.165, 1.54) is 25.7 Å². The highest BCUT2D eigenvalue weighted by Crippen LogP contribution is 2.28. The number of carboxylic acids is 1. The van der Waals surface area contributed by atoms with Gasteiger partial charge in [-0.05, 0) is 26.0 Å².